The second kappa shape index (κ2) is 4.59. The largest absolute Gasteiger partial charge is 0.394 e. The smallest absolute Gasteiger partial charge is 0.147 e. The summed E-state index contributed by atoms with van der Waals surface area (Å²) in [5.74, 6) is 2.55. The minimum Gasteiger partial charge on any atom is -0.394 e. The second-order valence-corrected chi connectivity index (χ2v) is 5.33. The van der Waals surface area contributed by atoms with Crippen LogP contribution in [0.25, 0.3) is 0 Å². The third-order valence-corrected chi connectivity index (χ3v) is 4.34. The Balaban J connectivity index is 2.11. The van der Waals surface area contributed by atoms with Gasteiger partial charge in [0, 0.05) is 13.1 Å². The Morgan fingerprint density at radius 1 is 1.47 bits per heavy atom. The number of aryl methyl sites for hydroxylation is 2. The molecule has 0 bridgehead atoms. The van der Waals surface area contributed by atoms with E-state index in [0.29, 0.717) is 6.04 Å². The maximum atomic E-state index is 6.05. The highest BCUT2D eigenvalue weighted by molar-refractivity contribution is 5.65. The van der Waals surface area contributed by atoms with Crippen LogP contribution in [0.4, 0.5) is 11.5 Å². The zero-order chi connectivity index (χ0) is 12.6. The highest BCUT2D eigenvalue weighted by Crippen LogP contribution is 2.36. The summed E-state index contributed by atoms with van der Waals surface area (Å²) in [6.07, 6.45) is 3.84. The lowest BCUT2D eigenvalue weighted by atomic mass is 9.93. The molecule has 2 rings (SSSR count). The van der Waals surface area contributed by atoms with Crippen LogP contribution < -0.4 is 11.1 Å². The normalized spacial score (nSPS) is 28.6. The van der Waals surface area contributed by atoms with E-state index in [1.807, 2.05) is 18.7 Å². The van der Waals surface area contributed by atoms with Crippen LogP contribution in [-0.2, 0) is 7.05 Å². The third kappa shape index (κ3) is 2.13. The van der Waals surface area contributed by atoms with E-state index in [-0.39, 0.29) is 0 Å². The lowest BCUT2D eigenvalue weighted by molar-refractivity contribution is 0.391. The molecule has 1 saturated carbocycles. The molecule has 1 aromatic rings. The molecular formula is C13H24N4. The van der Waals surface area contributed by atoms with Crippen molar-refractivity contribution in [2.45, 2.75) is 46.1 Å². The van der Waals surface area contributed by atoms with Crippen molar-refractivity contribution in [1.29, 1.82) is 0 Å². The van der Waals surface area contributed by atoms with Crippen molar-refractivity contribution in [3.05, 3.63) is 5.69 Å². The Bertz CT molecular complexity index is 396. The lowest BCUT2D eigenvalue weighted by Gasteiger charge is -2.22. The molecule has 0 amide bonds. The third-order valence-electron chi connectivity index (χ3n) is 4.34. The SMILES string of the molecule is CCC1CCC(Nc2c(N)c(C)nn2C)C1C. The van der Waals surface area contributed by atoms with Gasteiger partial charge in [0.15, 0.2) is 0 Å². The van der Waals surface area contributed by atoms with Crippen LogP contribution >= 0.6 is 0 Å². The van der Waals surface area contributed by atoms with Gasteiger partial charge in [-0.3, -0.25) is 4.68 Å². The van der Waals surface area contributed by atoms with E-state index in [1.54, 1.807) is 0 Å². The highest BCUT2D eigenvalue weighted by atomic mass is 15.3. The molecule has 96 valence electrons. The summed E-state index contributed by atoms with van der Waals surface area (Å²) in [5, 5.41) is 7.93. The standard InChI is InChI=1S/C13H24N4/c1-5-10-6-7-11(8(10)2)15-13-12(14)9(3)16-17(13)4/h8,10-11,15H,5-7,14H2,1-4H3. The molecule has 0 radical (unpaired) electrons. The molecule has 0 saturated heterocycles. The van der Waals surface area contributed by atoms with E-state index in [2.05, 4.69) is 24.3 Å². The Hall–Kier alpha value is -1.19. The highest BCUT2D eigenvalue weighted by Gasteiger charge is 2.32. The van der Waals surface area contributed by atoms with Gasteiger partial charge in [-0.15, -0.1) is 0 Å². The molecule has 1 fully saturated rings. The van der Waals surface area contributed by atoms with E-state index in [9.17, 15) is 0 Å². The number of aromatic nitrogens is 2. The Kier molecular flexibility index (Phi) is 3.31. The number of hydrogen-bond donors (Lipinski definition) is 2. The average Bonchev–Trinajstić information content (AvgIpc) is 2.75. The van der Waals surface area contributed by atoms with Gasteiger partial charge >= 0.3 is 0 Å². The van der Waals surface area contributed by atoms with Crippen LogP contribution in [0, 0.1) is 18.8 Å². The van der Waals surface area contributed by atoms with Gasteiger partial charge in [-0.2, -0.15) is 5.10 Å². The Labute approximate surface area is 104 Å². The van der Waals surface area contributed by atoms with Gasteiger partial charge in [-0.05, 0) is 31.6 Å². The fourth-order valence-electron chi connectivity index (χ4n) is 3.05. The molecule has 1 aliphatic carbocycles. The van der Waals surface area contributed by atoms with Crippen molar-refractivity contribution in [2.75, 3.05) is 11.1 Å². The van der Waals surface area contributed by atoms with Crippen LogP contribution in [0.3, 0.4) is 0 Å². The van der Waals surface area contributed by atoms with Crippen molar-refractivity contribution in [2.24, 2.45) is 18.9 Å². The zero-order valence-corrected chi connectivity index (χ0v) is 11.3. The summed E-state index contributed by atoms with van der Waals surface area (Å²) >= 11 is 0. The van der Waals surface area contributed by atoms with E-state index >= 15 is 0 Å². The zero-order valence-electron chi connectivity index (χ0n) is 11.3. The summed E-state index contributed by atoms with van der Waals surface area (Å²) in [7, 11) is 1.95. The summed E-state index contributed by atoms with van der Waals surface area (Å²) in [4.78, 5) is 0. The predicted molar refractivity (Wildman–Crippen MR) is 71.9 cm³/mol. The monoisotopic (exact) mass is 236 g/mol. The maximum absolute atomic E-state index is 6.05. The van der Waals surface area contributed by atoms with Gasteiger partial charge in [0.2, 0.25) is 0 Å². The first kappa shape index (κ1) is 12.3. The number of nitrogen functional groups attached to an aromatic ring is 1. The summed E-state index contributed by atoms with van der Waals surface area (Å²) in [6.45, 7) is 6.58. The first-order chi connectivity index (χ1) is 8.04. The minimum absolute atomic E-state index is 0.539. The lowest BCUT2D eigenvalue weighted by Crippen LogP contribution is -2.26. The molecule has 4 heteroatoms. The van der Waals surface area contributed by atoms with Crippen LogP contribution in [0.15, 0.2) is 0 Å². The molecular weight excluding hydrogens is 212 g/mol. The predicted octanol–water partition coefficient (Wildman–Crippen LogP) is 2.55. The van der Waals surface area contributed by atoms with Crippen LogP contribution in [0.2, 0.25) is 0 Å². The molecule has 0 aromatic carbocycles. The van der Waals surface area contributed by atoms with Crippen LogP contribution in [-0.4, -0.2) is 15.8 Å². The molecule has 1 aliphatic rings. The Morgan fingerprint density at radius 3 is 2.65 bits per heavy atom. The average molecular weight is 236 g/mol. The number of nitrogens with zero attached hydrogens (tertiary/aromatic N) is 2. The van der Waals surface area contributed by atoms with Crippen molar-refractivity contribution in [3.8, 4) is 0 Å². The van der Waals surface area contributed by atoms with Crippen molar-refractivity contribution in [1.82, 2.24) is 9.78 Å². The van der Waals surface area contributed by atoms with Gasteiger partial charge in [0.05, 0.1) is 11.4 Å². The molecule has 3 unspecified atom stereocenters. The van der Waals surface area contributed by atoms with Crippen molar-refractivity contribution in [3.63, 3.8) is 0 Å². The van der Waals surface area contributed by atoms with Gasteiger partial charge in [0.1, 0.15) is 5.82 Å². The van der Waals surface area contributed by atoms with E-state index in [4.69, 9.17) is 5.73 Å². The van der Waals surface area contributed by atoms with Gasteiger partial charge in [-0.1, -0.05) is 20.3 Å². The minimum atomic E-state index is 0.539. The van der Waals surface area contributed by atoms with Gasteiger partial charge < -0.3 is 11.1 Å². The number of rotatable bonds is 3. The quantitative estimate of drug-likeness (QED) is 0.848. The maximum Gasteiger partial charge on any atom is 0.147 e. The van der Waals surface area contributed by atoms with Gasteiger partial charge in [0.25, 0.3) is 0 Å². The molecule has 1 heterocycles. The molecule has 4 nitrogen and oxygen atoms in total. The van der Waals surface area contributed by atoms with Crippen LogP contribution in [0.1, 0.15) is 38.8 Å². The van der Waals surface area contributed by atoms with E-state index in [0.717, 1.165) is 29.0 Å². The molecule has 17 heavy (non-hydrogen) atoms. The molecule has 0 aliphatic heterocycles. The molecule has 3 atom stereocenters. The fraction of sp³-hybridized carbons (Fsp3) is 0.769. The number of nitrogens with one attached hydrogen (secondary N) is 1. The van der Waals surface area contributed by atoms with E-state index < -0.39 is 0 Å². The topological polar surface area (TPSA) is 55.9 Å². The number of anilines is 2. The first-order valence-corrected chi connectivity index (χ1v) is 6.60. The molecule has 3 N–H and O–H groups in total. The summed E-state index contributed by atoms with van der Waals surface area (Å²) in [5.41, 5.74) is 7.75. The second-order valence-electron chi connectivity index (χ2n) is 5.33. The number of nitrogens with two attached hydrogens (primary N) is 1. The van der Waals surface area contributed by atoms with Crippen molar-refractivity contribution >= 4 is 11.5 Å². The summed E-state index contributed by atoms with van der Waals surface area (Å²) < 4.78 is 1.86. The van der Waals surface area contributed by atoms with Crippen LogP contribution in [0.5, 0.6) is 0 Å². The van der Waals surface area contributed by atoms with Crippen molar-refractivity contribution < 1.29 is 0 Å². The fourth-order valence-corrected chi connectivity index (χ4v) is 3.05. The molecule has 0 spiro atoms. The van der Waals surface area contributed by atoms with Gasteiger partial charge in [-0.25, -0.2) is 0 Å². The van der Waals surface area contributed by atoms with E-state index in [1.165, 1.54) is 19.3 Å². The Morgan fingerprint density at radius 2 is 2.18 bits per heavy atom. The summed E-state index contributed by atoms with van der Waals surface area (Å²) in [6, 6.07) is 0.539. The molecule has 1 aromatic heterocycles. The number of hydrogen-bond acceptors (Lipinski definition) is 3. The first-order valence-electron chi connectivity index (χ1n) is 6.60.